The van der Waals surface area contributed by atoms with Gasteiger partial charge in [0.15, 0.2) is 5.82 Å². The van der Waals surface area contributed by atoms with Crippen LogP contribution in [0.25, 0.3) is 0 Å². The van der Waals surface area contributed by atoms with Crippen LogP contribution in [0.3, 0.4) is 0 Å². The molecule has 3 heterocycles. The highest BCUT2D eigenvalue weighted by molar-refractivity contribution is 5.82. The number of hydrogen-bond donors (Lipinski definition) is 1. The third-order valence-corrected chi connectivity index (χ3v) is 8.71. The van der Waals surface area contributed by atoms with E-state index in [2.05, 4.69) is 14.9 Å². The van der Waals surface area contributed by atoms with E-state index in [4.69, 9.17) is 23.7 Å². The fraction of sp³-hybridized carbons (Fsp3) is 0.361. The zero-order valence-corrected chi connectivity index (χ0v) is 26.8. The summed E-state index contributed by atoms with van der Waals surface area (Å²) in [6.45, 7) is 4.70. The average molecular weight is 641 g/mol. The largest absolute Gasteiger partial charge is 0.497 e. The molecule has 2 fully saturated rings. The van der Waals surface area contributed by atoms with Gasteiger partial charge < -0.3 is 33.7 Å². The van der Waals surface area contributed by atoms with Gasteiger partial charge in [-0.05, 0) is 53.9 Å². The van der Waals surface area contributed by atoms with E-state index in [1.807, 2.05) is 85.8 Å². The molecule has 2 aliphatic heterocycles. The van der Waals surface area contributed by atoms with E-state index in [-0.39, 0.29) is 13.0 Å². The normalized spacial score (nSPS) is 20.3. The van der Waals surface area contributed by atoms with Gasteiger partial charge in [0.05, 0.1) is 40.1 Å². The minimum atomic E-state index is -1.07. The van der Waals surface area contributed by atoms with Crippen molar-refractivity contribution in [3.05, 3.63) is 118 Å². The van der Waals surface area contributed by atoms with E-state index in [9.17, 15) is 9.90 Å². The quantitative estimate of drug-likeness (QED) is 0.154. The SMILES string of the molecule is COc1ccc(C(OC[C@H]2O[C@@H](n3ccc(N=C(C)N4CCOCC4)nc3=O)CC2O)(c2ccccc2)c2ccc(OC)cc2)cc1. The highest BCUT2D eigenvalue weighted by Crippen LogP contribution is 2.42. The smallest absolute Gasteiger partial charge is 0.351 e. The Bertz CT molecular complexity index is 1660. The van der Waals surface area contributed by atoms with Crippen LogP contribution in [0.2, 0.25) is 0 Å². The number of nitrogens with zero attached hydrogens (tertiary/aromatic N) is 4. The van der Waals surface area contributed by atoms with Gasteiger partial charge in [-0.1, -0.05) is 54.6 Å². The van der Waals surface area contributed by atoms with Crippen molar-refractivity contribution in [2.45, 2.75) is 37.4 Å². The van der Waals surface area contributed by atoms with E-state index >= 15 is 0 Å². The van der Waals surface area contributed by atoms with E-state index < -0.39 is 29.7 Å². The van der Waals surface area contributed by atoms with Crippen LogP contribution in [0.1, 0.15) is 36.3 Å². The summed E-state index contributed by atoms with van der Waals surface area (Å²) in [5.41, 5.74) is 1.04. The Hall–Kier alpha value is -4.55. The minimum Gasteiger partial charge on any atom is -0.497 e. The summed E-state index contributed by atoms with van der Waals surface area (Å²) in [4.78, 5) is 23.9. The van der Waals surface area contributed by atoms with Gasteiger partial charge in [0.2, 0.25) is 0 Å². The summed E-state index contributed by atoms with van der Waals surface area (Å²) in [5, 5.41) is 11.2. The molecule has 0 saturated carbocycles. The molecule has 2 aliphatic rings. The molecule has 47 heavy (non-hydrogen) atoms. The van der Waals surface area contributed by atoms with Crippen LogP contribution in [0.5, 0.6) is 11.5 Å². The summed E-state index contributed by atoms with van der Waals surface area (Å²) >= 11 is 0. The number of ether oxygens (including phenoxy) is 5. The van der Waals surface area contributed by atoms with Gasteiger partial charge in [0.1, 0.15) is 35.3 Å². The second-order valence-electron chi connectivity index (χ2n) is 11.5. The Morgan fingerprint density at radius 2 is 1.51 bits per heavy atom. The van der Waals surface area contributed by atoms with Gasteiger partial charge in [0, 0.05) is 25.7 Å². The molecule has 1 aromatic heterocycles. The molecular weight excluding hydrogens is 600 g/mol. The Morgan fingerprint density at radius 1 is 0.915 bits per heavy atom. The fourth-order valence-electron chi connectivity index (χ4n) is 6.13. The molecule has 1 N–H and O–H groups in total. The summed E-state index contributed by atoms with van der Waals surface area (Å²) in [7, 11) is 3.26. The molecule has 1 unspecified atom stereocenters. The lowest BCUT2D eigenvalue weighted by Crippen LogP contribution is -2.39. The number of benzene rings is 3. The number of aliphatic hydroxyl groups is 1. The Labute approximate surface area is 274 Å². The molecule has 0 aliphatic carbocycles. The number of amidine groups is 1. The lowest BCUT2D eigenvalue weighted by molar-refractivity contribution is -0.0944. The van der Waals surface area contributed by atoms with Gasteiger partial charge in [0.25, 0.3) is 0 Å². The van der Waals surface area contributed by atoms with Gasteiger partial charge in [-0.2, -0.15) is 4.98 Å². The molecule has 0 spiro atoms. The van der Waals surface area contributed by atoms with Crippen LogP contribution in [-0.4, -0.2) is 84.7 Å². The molecule has 4 aromatic rings. The fourth-order valence-corrected chi connectivity index (χ4v) is 6.13. The molecule has 11 nitrogen and oxygen atoms in total. The maximum absolute atomic E-state index is 13.1. The maximum atomic E-state index is 13.1. The van der Waals surface area contributed by atoms with E-state index in [0.29, 0.717) is 19.0 Å². The van der Waals surface area contributed by atoms with Crippen LogP contribution in [-0.2, 0) is 19.8 Å². The van der Waals surface area contributed by atoms with Crippen molar-refractivity contribution in [2.75, 3.05) is 47.1 Å². The van der Waals surface area contributed by atoms with Crippen LogP contribution in [0.4, 0.5) is 5.82 Å². The van der Waals surface area contributed by atoms with Crippen molar-refractivity contribution in [1.82, 2.24) is 14.5 Å². The van der Waals surface area contributed by atoms with Crippen molar-refractivity contribution < 1.29 is 28.8 Å². The van der Waals surface area contributed by atoms with E-state index in [1.54, 1.807) is 26.5 Å². The van der Waals surface area contributed by atoms with Crippen LogP contribution in [0.15, 0.2) is 101 Å². The molecular formula is C36H40N4O7. The first-order chi connectivity index (χ1) is 22.9. The molecule has 0 amide bonds. The topological polar surface area (TPSA) is 117 Å². The molecule has 3 aromatic carbocycles. The van der Waals surface area contributed by atoms with Gasteiger partial charge in [-0.25, -0.2) is 9.79 Å². The number of hydrogen-bond acceptors (Lipinski definition) is 9. The van der Waals surface area contributed by atoms with Crippen molar-refractivity contribution in [3.8, 4) is 11.5 Å². The molecule has 2 saturated heterocycles. The highest BCUT2D eigenvalue weighted by atomic mass is 16.6. The van der Waals surface area contributed by atoms with Crippen molar-refractivity contribution in [2.24, 2.45) is 4.99 Å². The number of aliphatic hydroxyl groups excluding tert-OH is 1. The van der Waals surface area contributed by atoms with E-state index in [1.165, 1.54) is 4.57 Å². The maximum Gasteiger partial charge on any atom is 0.351 e. The third-order valence-electron chi connectivity index (χ3n) is 8.71. The predicted molar refractivity (Wildman–Crippen MR) is 176 cm³/mol. The Morgan fingerprint density at radius 3 is 2.09 bits per heavy atom. The highest BCUT2D eigenvalue weighted by Gasteiger charge is 2.42. The van der Waals surface area contributed by atoms with Crippen molar-refractivity contribution >= 4 is 11.7 Å². The first-order valence-corrected chi connectivity index (χ1v) is 15.7. The summed E-state index contributed by atoms with van der Waals surface area (Å²) in [5.74, 6) is 2.53. The molecule has 6 rings (SSSR count). The second-order valence-corrected chi connectivity index (χ2v) is 11.5. The lowest BCUT2D eigenvalue weighted by Gasteiger charge is -2.37. The van der Waals surface area contributed by atoms with Crippen LogP contribution >= 0.6 is 0 Å². The second kappa shape index (κ2) is 14.5. The number of aromatic nitrogens is 2. The monoisotopic (exact) mass is 640 g/mol. The molecule has 246 valence electrons. The summed E-state index contributed by atoms with van der Waals surface area (Å²) in [6.07, 6.45) is -0.495. The Kier molecular flexibility index (Phi) is 9.98. The lowest BCUT2D eigenvalue weighted by atomic mass is 9.80. The number of methoxy groups -OCH3 is 2. The van der Waals surface area contributed by atoms with E-state index in [0.717, 1.165) is 47.1 Å². The first kappa shape index (κ1) is 32.4. The van der Waals surface area contributed by atoms with Gasteiger partial charge >= 0.3 is 5.69 Å². The first-order valence-electron chi connectivity index (χ1n) is 15.7. The number of aliphatic imine (C=N–C) groups is 1. The molecule has 11 heteroatoms. The standard InChI is InChI=1S/C36H40N4O7/c1-25(39-19-21-45-22-20-39)37-33-17-18-40(35(42)38-33)34-23-31(41)32(47-34)24-46-36(26-7-5-4-6-8-26,27-9-13-29(43-2)14-10-27)28-11-15-30(44-3)16-12-28/h4-18,31-32,34,41H,19-24H2,1-3H3/t31?,32-,34-/m1/s1. The Balaban J connectivity index is 1.27. The predicted octanol–water partition coefficient (Wildman–Crippen LogP) is 4.30. The molecule has 3 atom stereocenters. The molecule has 0 radical (unpaired) electrons. The summed E-state index contributed by atoms with van der Waals surface area (Å²) in [6, 6.07) is 27.1. The summed E-state index contributed by atoms with van der Waals surface area (Å²) < 4.78 is 30.9. The number of morpholine rings is 1. The van der Waals surface area contributed by atoms with Gasteiger partial charge in [-0.3, -0.25) is 4.57 Å². The molecule has 0 bridgehead atoms. The third kappa shape index (κ3) is 6.93. The van der Waals surface area contributed by atoms with Gasteiger partial charge in [-0.15, -0.1) is 0 Å². The zero-order chi connectivity index (χ0) is 32.8. The van der Waals surface area contributed by atoms with Crippen molar-refractivity contribution in [3.63, 3.8) is 0 Å². The zero-order valence-electron chi connectivity index (χ0n) is 26.8. The average Bonchev–Trinajstić information content (AvgIpc) is 3.49. The van der Waals surface area contributed by atoms with Crippen LogP contribution < -0.4 is 15.2 Å². The van der Waals surface area contributed by atoms with Crippen LogP contribution in [0, 0.1) is 0 Å². The minimum absolute atomic E-state index is 0.0356. The van der Waals surface area contributed by atoms with Crippen molar-refractivity contribution in [1.29, 1.82) is 0 Å². The number of rotatable bonds is 10.